The second-order valence-corrected chi connectivity index (χ2v) is 9.03. The van der Waals surface area contributed by atoms with E-state index in [0.29, 0.717) is 15.3 Å². The number of carbonyl (C=O) groups is 1. The highest BCUT2D eigenvalue weighted by molar-refractivity contribution is 7.22. The SMILES string of the molecule is CC1CN(c2c(F)cc(CC(O)CO)cc2F)CCN1C(=O)Nc1nc2ccc(F)cc2s1. The molecule has 0 bridgehead atoms. The number of aliphatic hydroxyl groups excluding tert-OH is 2. The molecule has 1 aliphatic heterocycles. The number of hydrogen-bond acceptors (Lipinski definition) is 6. The van der Waals surface area contributed by atoms with Gasteiger partial charge in [-0.3, -0.25) is 5.32 Å². The van der Waals surface area contributed by atoms with Gasteiger partial charge in [-0.2, -0.15) is 0 Å². The average Bonchev–Trinajstić information content (AvgIpc) is 3.14. The second-order valence-electron chi connectivity index (χ2n) is 8.00. The van der Waals surface area contributed by atoms with Crippen molar-refractivity contribution >= 4 is 38.4 Å². The number of carbonyl (C=O) groups excluding carboxylic acids is 1. The molecule has 0 aliphatic carbocycles. The molecule has 3 N–H and O–H groups in total. The Balaban J connectivity index is 1.43. The lowest BCUT2D eigenvalue weighted by molar-refractivity contribution is 0.0954. The maximum absolute atomic E-state index is 14.7. The fourth-order valence-corrected chi connectivity index (χ4v) is 4.83. The van der Waals surface area contributed by atoms with Crippen LogP contribution in [0.4, 0.5) is 28.8 Å². The molecule has 4 rings (SSSR count). The molecule has 2 unspecified atom stereocenters. The summed E-state index contributed by atoms with van der Waals surface area (Å²) >= 11 is 1.16. The third-order valence-electron chi connectivity index (χ3n) is 5.53. The largest absolute Gasteiger partial charge is 0.394 e. The van der Waals surface area contributed by atoms with Crippen LogP contribution < -0.4 is 10.2 Å². The van der Waals surface area contributed by atoms with Gasteiger partial charge in [-0.1, -0.05) is 11.3 Å². The summed E-state index contributed by atoms with van der Waals surface area (Å²) in [5.74, 6) is -1.91. The van der Waals surface area contributed by atoms with Crippen molar-refractivity contribution in [3.8, 4) is 0 Å². The molecule has 0 radical (unpaired) electrons. The van der Waals surface area contributed by atoms with Gasteiger partial charge in [0.25, 0.3) is 0 Å². The van der Waals surface area contributed by atoms with Crippen LogP contribution in [0.5, 0.6) is 0 Å². The molecule has 3 aromatic rings. The third kappa shape index (κ3) is 5.05. The number of fused-ring (bicyclic) bond motifs is 1. The van der Waals surface area contributed by atoms with E-state index in [4.69, 9.17) is 5.11 Å². The molecule has 2 amide bonds. The fourth-order valence-electron chi connectivity index (χ4n) is 3.95. The molecule has 33 heavy (non-hydrogen) atoms. The van der Waals surface area contributed by atoms with Gasteiger partial charge < -0.3 is 20.0 Å². The maximum Gasteiger partial charge on any atom is 0.324 e. The molecule has 1 saturated heterocycles. The number of hydrogen-bond donors (Lipinski definition) is 3. The summed E-state index contributed by atoms with van der Waals surface area (Å²) in [4.78, 5) is 20.2. The molecule has 1 aromatic heterocycles. The molecule has 11 heteroatoms. The van der Waals surface area contributed by atoms with Crippen LogP contribution in [-0.4, -0.2) is 64.5 Å². The van der Waals surface area contributed by atoms with Crippen molar-refractivity contribution in [3.05, 3.63) is 53.3 Å². The van der Waals surface area contributed by atoms with Crippen molar-refractivity contribution in [2.45, 2.75) is 25.5 Å². The van der Waals surface area contributed by atoms with Crippen molar-refractivity contribution in [1.29, 1.82) is 0 Å². The summed E-state index contributed by atoms with van der Waals surface area (Å²) in [5, 5.41) is 21.5. The van der Waals surface area contributed by atoms with Crippen LogP contribution in [0, 0.1) is 17.5 Å². The van der Waals surface area contributed by atoms with E-state index in [2.05, 4.69) is 10.3 Å². The number of aliphatic hydroxyl groups is 2. The summed E-state index contributed by atoms with van der Waals surface area (Å²) < 4.78 is 43.4. The maximum atomic E-state index is 14.7. The molecule has 0 saturated carbocycles. The van der Waals surface area contributed by atoms with E-state index in [9.17, 15) is 23.1 Å². The first-order valence-electron chi connectivity index (χ1n) is 10.4. The lowest BCUT2D eigenvalue weighted by atomic mass is 10.1. The minimum Gasteiger partial charge on any atom is -0.394 e. The number of thiazole rings is 1. The number of urea groups is 1. The molecular weight excluding hydrogens is 457 g/mol. The molecular formula is C22H23F3N4O3S. The number of nitrogens with zero attached hydrogens (tertiary/aromatic N) is 3. The summed E-state index contributed by atoms with van der Waals surface area (Å²) in [6.45, 7) is 1.94. The predicted molar refractivity (Wildman–Crippen MR) is 120 cm³/mol. The molecule has 0 spiro atoms. The molecule has 1 aliphatic rings. The molecule has 176 valence electrons. The number of halogens is 3. The number of benzene rings is 2. The Labute approximate surface area is 192 Å². The topological polar surface area (TPSA) is 88.9 Å². The van der Waals surface area contributed by atoms with E-state index in [-0.39, 0.29) is 49.2 Å². The van der Waals surface area contributed by atoms with Gasteiger partial charge in [0, 0.05) is 32.1 Å². The Morgan fingerprint density at radius 1 is 1.24 bits per heavy atom. The van der Waals surface area contributed by atoms with Gasteiger partial charge in [0.2, 0.25) is 0 Å². The first-order chi connectivity index (χ1) is 15.7. The number of nitrogens with one attached hydrogen (secondary N) is 1. The Morgan fingerprint density at radius 3 is 2.64 bits per heavy atom. The number of anilines is 2. The lowest BCUT2D eigenvalue weighted by Crippen LogP contribution is -2.55. The van der Waals surface area contributed by atoms with Gasteiger partial charge in [0.1, 0.15) is 23.1 Å². The average molecular weight is 481 g/mol. The molecule has 2 aromatic carbocycles. The van der Waals surface area contributed by atoms with E-state index < -0.39 is 30.4 Å². The van der Waals surface area contributed by atoms with Gasteiger partial charge >= 0.3 is 6.03 Å². The highest BCUT2D eigenvalue weighted by Gasteiger charge is 2.31. The standard InChI is InChI=1S/C22H23F3N4O3S/c1-12-10-28(20-16(24)7-13(8-17(20)25)6-15(31)11-30)4-5-29(12)22(32)27-21-26-18-3-2-14(23)9-19(18)33-21/h2-3,7-9,12,15,30-31H,4-6,10-11H2,1H3,(H,26,27,32). The Bertz CT molecular complexity index is 1150. The quantitative estimate of drug-likeness (QED) is 0.521. The van der Waals surface area contributed by atoms with Crippen LogP contribution in [-0.2, 0) is 6.42 Å². The highest BCUT2D eigenvalue weighted by Crippen LogP contribution is 2.29. The number of rotatable bonds is 5. The Morgan fingerprint density at radius 2 is 1.97 bits per heavy atom. The summed E-state index contributed by atoms with van der Waals surface area (Å²) in [7, 11) is 0. The van der Waals surface area contributed by atoms with Gasteiger partial charge in [0.15, 0.2) is 5.13 Å². The van der Waals surface area contributed by atoms with Gasteiger partial charge in [-0.15, -0.1) is 0 Å². The molecule has 7 nitrogen and oxygen atoms in total. The molecule has 1 fully saturated rings. The number of aromatic nitrogens is 1. The summed E-state index contributed by atoms with van der Waals surface area (Å²) in [6, 6.07) is 5.75. The van der Waals surface area contributed by atoms with E-state index in [1.165, 1.54) is 18.2 Å². The van der Waals surface area contributed by atoms with Crippen molar-refractivity contribution in [2.24, 2.45) is 0 Å². The normalized spacial score (nSPS) is 17.5. The van der Waals surface area contributed by atoms with Crippen LogP contribution in [0.1, 0.15) is 12.5 Å². The highest BCUT2D eigenvalue weighted by atomic mass is 32.1. The zero-order valence-corrected chi connectivity index (χ0v) is 18.6. The zero-order valence-electron chi connectivity index (χ0n) is 17.8. The van der Waals surface area contributed by atoms with E-state index in [0.717, 1.165) is 23.5 Å². The first-order valence-corrected chi connectivity index (χ1v) is 11.2. The number of amides is 2. The van der Waals surface area contributed by atoms with Crippen LogP contribution in [0.3, 0.4) is 0 Å². The third-order valence-corrected chi connectivity index (χ3v) is 6.46. The minimum absolute atomic E-state index is 0.0621. The van der Waals surface area contributed by atoms with Crippen LogP contribution in [0.15, 0.2) is 30.3 Å². The summed E-state index contributed by atoms with van der Waals surface area (Å²) in [6.07, 6.45) is -1.15. The fraction of sp³-hybridized carbons (Fsp3) is 0.364. The van der Waals surface area contributed by atoms with Crippen molar-refractivity contribution < 1.29 is 28.2 Å². The van der Waals surface area contributed by atoms with E-state index >= 15 is 0 Å². The zero-order chi connectivity index (χ0) is 23.7. The van der Waals surface area contributed by atoms with Crippen LogP contribution in [0.25, 0.3) is 10.2 Å². The number of piperazine rings is 1. The van der Waals surface area contributed by atoms with Crippen LogP contribution >= 0.6 is 11.3 Å². The second kappa shape index (κ2) is 9.54. The molecule has 2 atom stereocenters. The first kappa shape index (κ1) is 23.3. The predicted octanol–water partition coefficient (Wildman–Crippen LogP) is 3.35. The van der Waals surface area contributed by atoms with Gasteiger partial charge in [0.05, 0.1) is 22.9 Å². The Kier molecular flexibility index (Phi) is 6.73. The van der Waals surface area contributed by atoms with E-state index in [1.54, 1.807) is 16.7 Å². The Hall–Kier alpha value is -2.89. The van der Waals surface area contributed by atoms with Gasteiger partial charge in [-0.05, 0) is 42.8 Å². The lowest BCUT2D eigenvalue weighted by Gasteiger charge is -2.40. The molecule has 2 heterocycles. The van der Waals surface area contributed by atoms with Crippen molar-refractivity contribution in [1.82, 2.24) is 9.88 Å². The minimum atomic E-state index is -1.09. The van der Waals surface area contributed by atoms with Crippen LogP contribution in [0.2, 0.25) is 0 Å². The monoisotopic (exact) mass is 480 g/mol. The smallest absolute Gasteiger partial charge is 0.324 e. The van der Waals surface area contributed by atoms with Crippen molar-refractivity contribution in [3.63, 3.8) is 0 Å². The van der Waals surface area contributed by atoms with Crippen molar-refractivity contribution in [2.75, 3.05) is 36.5 Å². The van der Waals surface area contributed by atoms with Gasteiger partial charge in [-0.25, -0.2) is 22.9 Å². The van der Waals surface area contributed by atoms with E-state index in [1.807, 2.05) is 0 Å². The summed E-state index contributed by atoms with van der Waals surface area (Å²) in [5.41, 5.74) is 0.643.